The predicted octanol–water partition coefficient (Wildman–Crippen LogP) is 2.17. The quantitative estimate of drug-likeness (QED) is 0.438. The number of nitrogens with two attached hydrogens (primary N) is 1. The number of hydrogen-bond acceptors (Lipinski definition) is 6. The molecule has 0 bridgehead atoms. The van der Waals surface area contributed by atoms with Crippen molar-refractivity contribution in [1.82, 2.24) is 0 Å². The Labute approximate surface area is 114 Å². The third kappa shape index (κ3) is 3.22. The van der Waals surface area contributed by atoms with E-state index in [-0.39, 0.29) is 12.3 Å². The van der Waals surface area contributed by atoms with Crippen molar-refractivity contribution in [2.24, 2.45) is 5.84 Å². The molecule has 7 nitrogen and oxygen atoms in total. The smallest absolute Gasteiger partial charge is 0.275 e. The Hall–Kier alpha value is -2.64. The van der Waals surface area contributed by atoms with E-state index < -0.39 is 4.92 Å². The van der Waals surface area contributed by atoms with Crippen molar-refractivity contribution in [2.75, 3.05) is 5.43 Å². The first kappa shape index (κ1) is 13.8. The Morgan fingerprint density at radius 3 is 2.45 bits per heavy atom. The van der Waals surface area contributed by atoms with Gasteiger partial charge in [0.2, 0.25) is 0 Å². The van der Waals surface area contributed by atoms with Crippen molar-refractivity contribution in [2.45, 2.75) is 6.61 Å². The van der Waals surface area contributed by atoms with Gasteiger partial charge in [-0.2, -0.15) is 0 Å². The Bertz CT molecular complexity index is 614. The molecule has 0 saturated heterocycles. The number of rotatable bonds is 5. The molecule has 0 unspecified atom stereocenters. The van der Waals surface area contributed by atoms with E-state index in [4.69, 9.17) is 15.7 Å². The first-order chi connectivity index (χ1) is 9.62. The number of anilines is 1. The number of nitro benzene ring substituents is 1. The van der Waals surface area contributed by atoms with Gasteiger partial charge in [-0.1, -0.05) is 12.1 Å². The number of nitrogens with zero attached hydrogens (tertiary/aromatic N) is 1. The number of aliphatic hydroxyl groups excluding tert-OH is 1. The van der Waals surface area contributed by atoms with Gasteiger partial charge in [0, 0.05) is 12.1 Å². The maximum absolute atomic E-state index is 10.8. The number of hydrazine groups is 1. The molecular formula is C13H13N3O4. The van der Waals surface area contributed by atoms with Gasteiger partial charge in [0.1, 0.15) is 11.5 Å². The fourth-order valence-electron chi connectivity index (χ4n) is 1.63. The lowest BCUT2D eigenvalue weighted by Crippen LogP contribution is -2.07. The highest BCUT2D eigenvalue weighted by Gasteiger charge is 2.10. The van der Waals surface area contributed by atoms with E-state index in [9.17, 15) is 10.1 Å². The van der Waals surface area contributed by atoms with E-state index in [1.54, 1.807) is 30.3 Å². The molecule has 2 rings (SSSR count). The van der Waals surface area contributed by atoms with Crippen LogP contribution in [-0.4, -0.2) is 10.0 Å². The van der Waals surface area contributed by atoms with Gasteiger partial charge in [-0.25, -0.2) is 0 Å². The molecule has 0 heterocycles. The van der Waals surface area contributed by atoms with E-state index in [0.29, 0.717) is 17.2 Å². The molecule has 104 valence electrons. The van der Waals surface area contributed by atoms with Crippen LogP contribution in [-0.2, 0) is 6.61 Å². The maximum atomic E-state index is 10.8. The summed E-state index contributed by atoms with van der Waals surface area (Å²) in [6.07, 6.45) is 0. The first-order valence-electron chi connectivity index (χ1n) is 5.76. The maximum Gasteiger partial charge on any atom is 0.275 e. The summed E-state index contributed by atoms with van der Waals surface area (Å²) in [6.45, 7) is -0.0572. The van der Waals surface area contributed by atoms with E-state index in [2.05, 4.69) is 5.43 Å². The number of nitro groups is 1. The van der Waals surface area contributed by atoms with Crippen molar-refractivity contribution in [1.29, 1.82) is 0 Å². The van der Waals surface area contributed by atoms with Crippen LogP contribution in [0.4, 0.5) is 11.4 Å². The molecule has 20 heavy (non-hydrogen) atoms. The molecule has 0 amide bonds. The average molecular weight is 275 g/mol. The standard InChI is InChI=1S/C13H13N3O4/c14-15-10-5-11(16(18)19)7-13(6-10)20-12-3-1-9(8-17)2-4-12/h1-7,15,17H,8,14H2. The zero-order valence-corrected chi connectivity index (χ0v) is 10.4. The van der Waals surface area contributed by atoms with E-state index >= 15 is 0 Å². The summed E-state index contributed by atoms with van der Waals surface area (Å²) in [5.41, 5.74) is 3.35. The number of benzene rings is 2. The minimum absolute atomic E-state index is 0.0572. The highest BCUT2D eigenvalue weighted by Crippen LogP contribution is 2.29. The van der Waals surface area contributed by atoms with Gasteiger partial charge in [0.15, 0.2) is 0 Å². The molecule has 0 fully saturated rings. The van der Waals surface area contributed by atoms with Crippen LogP contribution >= 0.6 is 0 Å². The van der Waals surface area contributed by atoms with Crippen molar-refractivity contribution in [3.8, 4) is 11.5 Å². The molecule has 7 heteroatoms. The molecule has 0 atom stereocenters. The van der Waals surface area contributed by atoms with Gasteiger partial charge in [-0.3, -0.25) is 16.0 Å². The van der Waals surface area contributed by atoms with Crippen LogP contribution in [0.25, 0.3) is 0 Å². The number of hydrogen-bond donors (Lipinski definition) is 3. The minimum Gasteiger partial charge on any atom is -0.457 e. The summed E-state index contributed by atoms with van der Waals surface area (Å²) in [4.78, 5) is 10.3. The Morgan fingerprint density at radius 2 is 1.90 bits per heavy atom. The second kappa shape index (κ2) is 6.00. The Kier molecular flexibility index (Phi) is 4.14. The molecule has 0 aromatic heterocycles. The monoisotopic (exact) mass is 275 g/mol. The Morgan fingerprint density at radius 1 is 1.20 bits per heavy atom. The lowest BCUT2D eigenvalue weighted by atomic mass is 10.2. The van der Waals surface area contributed by atoms with Crippen LogP contribution in [0.3, 0.4) is 0 Å². The molecular weight excluding hydrogens is 262 g/mol. The highest BCUT2D eigenvalue weighted by atomic mass is 16.6. The van der Waals surface area contributed by atoms with Crippen LogP contribution in [0, 0.1) is 10.1 Å². The molecule has 2 aromatic rings. The lowest BCUT2D eigenvalue weighted by molar-refractivity contribution is -0.384. The van der Waals surface area contributed by atoms with E-state index in [0.717, 1.165) is 5.56 Å². The number of aliphatic hydroxyl groups is 1. The zero-order chi connectivity index (χ0) is 14.5. The van der Waals surface area contributed by atoms with Crippen LogP contribution in [0.5, 0.6) is 11.5 Å². The van der Waals surface area contributed by atoms with Gasteiger partial charge in [0.25, 0.3) is 5.69 Å². The van der Waals surface area contributed by atoms with Crippen molar-refractivity contribution < 1.29 is 14.8 Å². The zero-order valence-electron chi connectivity index (χ0n) is 10.4. The third-order valence-electron chi connectivity index (χ3n) is 2.61. The SMILES string of the molecule is NNc1cc(Oc2ccc(CO)cc2)cc([N+](=O)[O-])c1. The van der Waals surface area contributed by atoms with Crippen LogP contribution < -0.4 is 16.0 Å². The van der Waals surface area contributed by atoms with E-state index in [1.807, 2.05) is 0 Å². The number of ether oxygens (including phenoxy) is 1. The third-order valence-corrected chi connectivity index (χ3v) is 2.61. The van der Waals surface area contributed by atoms with Crippen molar-refractivity contribution in [3.63, 3.8) is 0 Å². The van der Waals surface area contributed by atoms with Crippen LogP contribution in [0.15, 0.2) is 42.5 Å². The molecule has 0 aliphatic carbocycles. The van der Waals surface area contributed by atoms with Gasteiger partial charge in [-0.15, -0.1) is 0 Å². The average Bonchev–Trinajstić information content (AvgIpc) is 2.47. The van der Waals surface area contributed by atoms with Crippen LogP contribution in [0.1, 0.15) is 5.56 Å². The largest absolute Gasteiger partial charge is 0.457 e. The second-order valence-corrected chi connectivity index (χ2v) is 4.02. The highest BCUT2D eigenvalue weighted by molar-refractivity contribution is 5.56. The summed E-state index contributed by atoms with van der Waals surface area (Å²) in [7, 11) is 0. The van der Waals surface area contributed by atoms with E-state index in [1.165, 1.54) is 12.1 Å². The van der Waals surface area contributed by atoms with Crippen molar-refractivity contribution >= 4 is 11.4 Å². The minimum atomic E-state index is -0.525. The molecule has 0 aliphatic rings. The number of nitrogens with one attached hydrogen (secondary N) is 1. The fraction of sp³-hybridized carbons (Fsp3) is 0.0769. The number of non-ortho nitro benzene ring substituents is 1. The molecule has 0 saturated carbocycles. The molecule has 0 spiro atoms. The predicted molar refractivity (Wildman–Crippen MR) is 73.3 cm³/mol. The summed E-state index contributed by atoms with van der Waals surface area (Å²) < 4.78 is 5.53. The molecule has 2 aromatic carbocycles. The fourth-order valence-corrected chi connectivity index (χ4v) is 1.63. The summed E-state index contributed by atoms with van der Waals surface area (Å²) in [5.74, 6) is 6.06. The molecule has 0 aliphatic heterocycles. The van der Waals surface area contributed by atoms with Crippen molar-refractivity contribution in [3.05, 3.63) is 58.1 Å². The lowest BCUT2D eigenvalue weighted by Gasteiger charge is -2.08. The van der Waals surface area contributed by atoms with Gasteiger partial charge in [-0.05, 0) is 17.7 Å². The van der Waals surface area contributed by atoms with Crippen LogP contribution in [0.2, 0.25) is 0 Å². The molecule has 0 radical (unpaired) electrons. The summed E-state index contributed by atoms with van der Waals surface area (Å²) >= 11 is 0. The first-order valence-corrected chi connectivity index (χ1v) is 5.76. The molecule has 4 N–H and O–H groups in total. The summed E-state index contributed by atoms with van der Waals surface area (Å²) in [6, 6.07) is 10.9. The van der Waals surface area contributed by atoms with Gasteiger partial charge in [0.05, 0.1) is 23.3 Å². The number of nitrogen functional groups attached to an aromatic ring is 1. The topological polar surface area (TPSA) is 111 Å². The summed E-state index contributed by atoms with van der Waals surface area (Å²) in [5, 5.41) is 19.8. The van der Waals surface area contributed by atoms with Gasteiger partial charge >= 0.3 is 0 Å². The normalized spacial score (nSPS) is 10.1. The van der Waals surface area contributed by atoms with Gasteiger partial charge < -0.3 is 15.3 Å². The second-order valence-electron chi connectivity index (χ2n) is 4.02. The Balaban J connectivity index is 2.27.